The van der Waals surface area contributed by atoms with Crippen molar-refractivity contribution < 1.29 is 18.8 Å². The molecule has 1 aromatic heterocycles. The number of carbonyl (C=O) groups is 2. The van der Waals surface area contributed by atoms with Crippen LogP contribution >= 0.6 is 0 Å². The fraction of sp³-hybridized carbons (Fsp3) is 0.778. The third-order valence-electron chi connectivity index (χ3n) is 4.88. The van der Waals surface area contributed by atoms with Crippen molar-refractivity contribution in [3.8, 4) is 0 Å². The van der Waals surface area contributed by atoms with Gasteiger partial charge in [0.15, 0.2) is 5.82 Å². The summed E-state index contributed by atoms with van der Waals surface area (Å²) in [6.45, 7) is 6.16. The Labute approximate surface area is 148 Å². The second kappa shape index (κ2) is 8.45. The number of carbonyl (C=O) groups excluding carboxylic acids is 2. The van der Waals surface area contributed by atoms with Crippen LogP contribution in [0.3, 0.4) is 0 Å². The topological polar surface area (TPSA) is 94.3 Å². The van der Waals surface area contributed by atoms with E-state index in [0.717, 1.165) is 12.8 Å². The van der Waals surface area contributed by atoms with Gasteiger partial charge in [0.1, 0.15) is 5.54 Å². The Kier molecular flexibility index (Phi) is 6.56. The predicted molar refractivity (Wildman–Crippen MR) is 91.8 cm³/mol. The number of aromatic nitrogens is 2. The van der Waals surface area contributed by atoms with E-state index in [1.165, 1.54) is 7.11 Å². The highest BCUT2D eigenvalue weighted by molar-refractivity contribution is 5.88. The van der Waals surface area contributed by atoms with E-state index in [9.17, 15) is 9.59 Å². The van der Waals surface area contributed by atoms with Gasteiger partial charge in [0, 0.05) is 18.8 Å². The van der Waals surface area contributed by atoms with Crippen molar-refractivity contribution in [1.82, 2.24) is 15.5 Å². The summed E-state index contributed by atoms with van der Waals surface area (Å²) >= 11 is 0. The van der Waals surface area contributed by atoms with Crippen LogP contribution in [-0.4, -0.2) is 34.7 Å². The molecule has 1 fully saturated rings. The normalized spacial score (nSPS) is 23.5. The molecule has 0 radical (unpaired) electrons. The van der Waals surface area contributed by atoms with Crippen LogP contribution < -0.4 is 5.32 Å². The van der Waals surface area contributed by atoms with Gasteiger partial charge in [0.05, 0.1) is 7.11 Å². The number of rotatable bonds is 7. The minimum absolute atomic E-state index is 0.136. The monoisotopic (exact) mass is 351 g/mol. The first-order valence-electron chi connectivity index (χ1n) is 9.08. The number of nitrogens with zero attached hydrogens (tertiary/aromatic N) is 2. The molecule has 1 aliphatic carbocycles. The molecule has 2 rings (SSSR count). The summed E-state index contributed by atoms with van der Waals surface area (Å²) in [6, 6.07) is 0. The van der Waals surface area contributed by atoms with E-state index in [-0.39, 0.29) is 17.8 Å². The molecule has 25 heavy (non-hydrogen) atoms. The molecule has 0 bridgehead atoms. The molecule has 1 aliphatic rings. The highest BCUT2D eigenvalue weighted by atomic mass is 16.5. The minimum atomic E-state index is -0.867. The molecule has 1 N–H and O–H groups in total. The lowest BCUT2D eigenvalue weighted by molar-refractivity contribution is -0.153. The average Bonchev–Trinajstić information content (AvgIpc) is 3.05. The summed E-state index contributed by atoms with van der Waals surface area (Å²) < 4.78 is 10.1. The number of esters is 1. The Bertz CT molecular complexity index is 589. The molecule has 0 aromatic carbocycles. The SMILES string of the molecule is COC(=O)C1(NC(=O)CCCc2nc(C(C)C)no2)CCC(C)CC1. The quantitative estimate of drug-likeness (QED) is 0.759. The molecule has 1 heterocycles. The first kappa shape index (κ1) is 19.4. The van der Waals surface area contributed by atoms with Crippen LogP contribution in [0.2, 0.25) is 0 Å². The lowest BCUT2D eigenvalue weighted by Crippen LogP contribution is -2.56. The van der Waals surface area contributed by atoms with Gasteiger partial charge < -0.3 is 14.6 Å². The number of ether oxygens (including phenoxy) is 1. The Balaban J connectivity index is 1.85. The third kappa shape index (κ3) is 5.03. The van der Waals surface area contributed by atoms with Gasteiger partial charge in [0.25, 0.3) is 0 Å². The summed E-state index contributed by atoms with van der Waals surface area (Å²) in [5, 5.41) is 6.84. The van der Waals surface area contributed by atoms with Gasteiger partial charge in [-0.15, -0.1) is 0 Å². The van der Waals surface area contributed by atoms with Gasteiger partial charge in [-0.1, -0.05) is 25.9 Å². The van der Waals surface area contributed by atoms with Crippen molar-refractivity contribution in [3.05, 3.63) is 11.7 Å². The number of hydrogen-bond acceptors (Lipinski definition) is 6. The smallest absolute Gasteiger partial charge is 0.331 e. The maximum absolute atomic E-state index is 12.3. The van der Waals surface area contributed by atoms with E-state index >= 15 is 0 Å². The third-order valence-corrected chi connectivity index (χ3v) is 4.88. The molecule has 0 aliphatic heterocycles. The lowest BCUT2D eigenvalue weighted by atomic mass is 9.77. The van der Waals surface area contributed by atoms with Gasteiger partial charge >= 0.3 is 5.97 Å². The zero-order chi connectivity index (χ0) is 18.4. The molecule has 1 amide bonds. The minimum Gasteiger partial charge on any atom is -0.467 e. The second-order valence-corrected chi connectivity index (χ2v) is 7.36. The molecular weight excluding hydrogens is 322 g/mol. The van der Waals surface area contributed by atoms with Gasteiger partial charge in [-0.2, -0.15) is 4.98 Å². The largest absolute Gasteiger partial charge is 0.467 e. The predicted octanol–water partition coefficient (Wildman–Crippen LogP) is 2.75. The van der Waals surface area contributed by atoms with E-state index < -0.39 is 5.54 Å². The Hall–Kier alpha value is -1.92. The van der Waals surface area contributed by atoms with Gasteiger partial charge in [-0.3, -0.25) is 4.79 Å². The van der Waals surface area contributed by atoms with Crippen LogP contribution in [0, 0.1) is 5.92 Å². The zero-order valence-corrected chi connectivity index (χ0v) is 15.6. The van der Waals surface area contributed by atoms with E-state index in [1.54, 1.807) is 0 Å². The zero-order valence-electron chi connectivity index (χ0n) is 15.6. The molecule has 0 unspecified atom stereocenters. The fourth-order valence-corrected chi connectivity index (χ4v) is 3.16. The molecule has 1 saturated carbocycles. The standard InChI is InChI=1S/C18H29N3O4/c1-12(2)16-19-15(25-21-16)7-5-6-14(22)20-18(17(23)24-4)10-8-13(3)9-11-18/h12-13H,5-11H2,1-4H3,(H,20,22). The van der Waals surface area contributed by atoms with Crippen molar-refractivity contribution >= 4 is 11.9 Å². The van der Waals surface area contributed by atoms with Crippen LogP contribution in [0.25, 0.3) is 0 Å². The summed E-state index contributed by atoms with van der Waals surface area (Å²) in [7, 11) is 1.37. The maximum Gasteiger partial charge on any atom is 0.331 e. The summed E-state index contributed by atoms with van der Waals surface area (Å²) in [5.74, 6) is 1.54. The second-order valence-electron chi connectivity index (χ2n) is 7.36. The number of methoxy groups -OCH3 is 1. The van der Waals surface area contributed by atoms with Crippen molar-refractivity contribution in [1.29, 1.82) is 0 Å². The number of amides is 1. The molecule has 140 valence electrons. The molecular formula is C18H29N3O4. The highest BCUT2D eigenvalue weighted by Gasteiger charge is 2.43. The Morgan fingerprint density at radius 2 is 2.04 bits per heavy atom. The van der Waals surface area contributed by atoms with Gasteiger partial charge in [-0.25, -0.2) is 4.79 Å². The first-order valence-corrected chi connectivity index (χ1v) is 9.08. The van der Waals surface area contributed by atoms with E-state index in [2.05, 4.69) is 22.4 Å². The molecule has 0 atom stereocenters. The number of nitrogens with one attached hydrogen (secondary N) is 1. The van der Waals surface area contributed by atoms with Crippen LogP contribution in [0.4, 0.5) is 0 Å². The van der Waals surface area contributed by atoms with Crippen molar-refractivity contribution in [2.45, 2.75) is 77.2 Å². The summed E-state index contributed by atoms with van der Waals surface area (Å²) in [4.78, 5) is 28.9. The van der Waals surface area contributed by atoms with E-state index in [4.69, 9.17) is 9.26 Å². The Morgan fingerprint density at radius 1 is 1.36 bits per heavy atom. The van der Waals surface area contributed by atoms with Crippen LogP contribution in [0.1, 0.15) is 76.9 Å². The molecule has 0 saturated heterocycles. The van der Waals surface area contributed by atoms with Crippen LogP contribution in [0.15, 0.2) is 4.52 Å². The van der Waals surface area contributed by atoms with E-state index in [0.29, 0.717) is 49.7 Å². The van der Waals surface area contributed by atoms with Crippen LogP contribution in [-0.2, 0) is 20.7 Å². The fourth-order valence-electron chi connectivity index (χ4n) is 3.16. The first-order chi connectivity index (χ1) is 11.9. The average molecular weight is 351 g/mol. The molecule has 7 heteroatoms. The number of hydrogen-bond donors (Lipinski definition) is 1. The van der Waals surface area contributed by atoms with Crippen molar-refractivity contribution in [2.24, 2.45) is 5.92 Å². The van der Waals surface area contributed by atoms with Crippen LogP contribution in [0.5, 0.6) is 0 Å². The Morgan fingerprint density at radius 3 is 2.60 bits per heavy atom. The summed E-state index contributed by atoms with van der Waals surface area (Å²) in [6.07, 6.45) is 4.55. The summed E-state index contributed by atoms with van der Waals surface area (Å²) in [5.41, 5.74) is -0.867. The molecule has 7 nitrogen and oxygen atoms in total. The van der Waals surface area contributed by atoms with Crippen molar-refractivity contribution in [3.63, 3.8) is 0 Å². The van der Waals surface area contributed by atoms with Gasteiger partial charge in [0.2, 0.25) is 11.8 Å². The maximum atomic E-state index is 12.3. The molecule has 1 aromatic rings. The van der Waals surface area contributed by atoms with Crippen molar-refractivity contribution in [2.75, 3.05) is 7.11 Å². The van der Waals surface area contributed by atoms with Gasteiger partial charge in [-0.05, 0) is 38.0 Å². The number of aryl methyl sites for hydroxylation is 1. The highest BCUT2D eigenvalue weighted by Crippen LogP contribution is 2.33. The van der Waals surface area contributed by atoms with E-state index in [1.807, 2.05) is 13.8 Å². The lowest BCUT2D eigenvalue weighted by Gasteiger charge is -2.37. The molecule has 0 spiro atoms.